The van der Waals surface area contributed by atoms with E-state index < -0.39 is 4.92 Å². The molecule has 2 aromatic carbocycles. The number of nitro benzene ring substituents is 1. The van der Waals surface area contributed by atoms with Crippen LogP contribution in [0, 0.1) is 10.1 Å². The van der Waals surface area contributed by atoms with E-state index >= 15 is 0 Å². The van der Waals surface area contributed by atoms with Crippen molar-refractivity contribution in [2.75, 3.05) is 19.6 Å². The van der Waals surface area contributed by atoms with Crippen molar-refractivity contribution >= 4 is 17.6 Å². The zero-order chi connectivity index (χ0) is 15.9. The van der Waals surface area contributed by atoms with Crippen LogP contribution in [0.4, 0.5) is 11.4 Å². The van der Waals surface area contributed by atoms with E-state index in [0.29, 0.717) is 5.75 Å². The Kier molecular flexibility index (Phi) is 4.92. The van der Waals surface area contributed by atoms with Gasteiger partial charge in [0.1, 0.15) is 11.3 Å². The molecule has 0 spiro atoms. The van der Waals surface area contributed by atoms with Gasteiger partial charge in [0.15, 0.2) is 5.75 Å². The molecule has 7 nitrogen and oxygen atoms in total. The molecule has 0 aliphatic heterocycles. The van der Waals surface area contributed by atoms with Crippen molar-refractivity contribution in [3.05, 3.63) is 58.1 Å². The summed E-state index contributed by atoms with van der Waals surface area (Å²) in [5, 5.41) is 15.3. The van der Waals surface area contributed by atoms with Gasteiger partial charge in [0.05, 0.1) is 31.0 Å². The fourth-order valence-electron chi connectivity index (χ4n) is 1.91. The van der Waals surface area contributed by atoms with Crippen LogP contribution in [0.15, 0.2) is 47.6 Å². The van der Waals surface area contributed by atoms with E-state index in [0.717, 1.165) is 5.69 Å². The van der Waals surface area contributed by atoms with Crippen molar-refractivity contribution in [1.82, 2.24) is 0 Å². The van der Waals surface area contributed by atoms with Crippen molar-refractivity contribution in [1.29, 1.82) is 0 Å². The third kappa shape index (κ3) is 3.32. The lowest BCUT2D eigenvalue weighted by Gasteiger charge is -2.08. The minimum absolute atomic E-state index is 0.145. The lowest BCUT2D eigenvalue weighted by Crippen LogP contribution is -2.02. The molecule has 0 radical (unpaired) electrons. The summed E-state index contributed by atoms with van der Waals surface area (Å²) in [7, 11) is 2.81. The molecule has 0 saturated heterocycles. The van der Waals surface area contributed by atoms with Gasteiger partial charge < -0.3 is 9.47 Å². The van der Waals surface area contributed by atoms with Gasteiger partial charge in [-0.05, 0) is 24.3 Å². The molecule has 114 valence electrons. The highest BCUT2D eigenvalue weighted by Crippen LogP contribution is 2.35. The topological polar surface area (TPSA) is 86.0 Å². The molecule has 2 rings (SSSR count). The minimum Gasteiger partial charge on any atom is -0.496 e. The second kappa shape index (κ2) is 7.07. The van der Waals surface area contributed by atoms with E-state index in [9.17, 15) is 10.1 Å². The van der Waals surface area contributed by atoms with Crippen molar-refractivity contribution in [3.63, 3.8) is 0 Å². The number of para-hydroxylation sites is 1. The minimum atomic E-state index is -0.523. The Morgan fingerprint density at radius 1 is 1.09 bits per heavy atom. The molecule has 0 aromatic heterocycles. The first-order chi connectivity index (χ1) is 10.7. The van der Waals surface area contributed by atoms with Gasteiger partial charge in [-0.25, -0.2) is 0 Å². The molecule has 0 heterocycles. The molecule has 0 aliphatic rings. The van der Waals surface area contributed by atoms with Crippen molar-refractivity contribution < 1.29 is 14.4 Å². The lowest BCUT2D eigenvalue weighted by molar-refractivity contribution is -0.385. The van der Waals surface area contributed by atoms with Crippen LogP contribution < -0.4 is 14.9 Å². The van der Waals surface area contributed by atoms with Crippen LogP contribution in [-0.2, 0) is 0 Å². The number of hydrogen-bond donors (Lipinski definition) is 1. The number of nitro groups is 1. The van der Waals surface area contributed by atoms with E-state index in [1.807, 2.05) is 30.3 Å². The summed E-state index contributed by atoms with van der Waals surface area (Å²) in [4.78, 5) is 10.8. The molecule has 2 aromatic rings. The van der Waals surface area contributed by atoms with Gasteiger partial charge in [0.2, 0.25) is 0 Å². The first-order valence-electron chi connectivity index (χ1n) is 6.41. The molecule has 0 amide bonds. The molecule has 0 unspecified atom stereocenters. The van der Waals surface area contributed by atoms with Gasteiger partial charge >= 0.3 is 5.69 Å². The predicted molar refractivity (Wildman–Crippen MR) is 83.9 cm³/mol. The Labute approximate surface area is 127 Å². The second-order valence-corrected chi connectivity index (χ2v) is 4.23. The maximum Gasteiger partial charge on any atom is 0.323 e. The number of rotatable bonds is 6. The third-order valence-electron chi connectivity index (χ3n) is 2.92. The summed E-state index contributed by atoms with van der Waals surface area (Å²) in [6.07, 6.45) is 1.34. The van der Waals surface area contributed by atoms with Gasteiger partial charge in [0, 0.05) is 0 Å². The number of hydrogen-bond acceptors (Lipinski definition) is 6. The van der Waals surface area contributed by atoms with Crippen molar-refractivity contribution in [2.45, 2.75) is 0 Å². The first-order valence-corrected chi connectivity index (χ1v) is 6.41. The molecule has 22 heavy (non-hydrogen) atoms. The normalized spacial score (nSPS) is 10.5. The zero-order valence-electron chi connectivity index (χ0n) is 12.1. The lowest BCUT2D eigenvalue weighted by atomic mass is 10.1. The largest absolute Gasteiger partial charge is 0.496 e. The van der Waals surface area contributed by atoms with Crippen molar-refractivity contribution in [2.24, 2.45) is 5.10 Å². The first kappa shape index (κ1) is 15.3. The molecule has 7 heteroatoms. The summed E-state index contributed by atoms with van der Waals surface area (Å²) in [5.74, 6) is 0.484. The molecular formula is C15H15N3O4. The summed E-state index contributed by atoms with van der Waals surface area (Å²) in [5.41, 5.74) is 3.60. The average Bonchev–Trinajstić information content (AvgIpc) is 2.54. The fraction of sp³-hybridized carbons (Fsp3) is 0.133. The van der Waals surface area contributed by atoms with E-state index in [-0.39, 0.29) is 17.0 Å². The zero-order valence-corrected chi connectivity index (χ0v) is 12.1. The van der Waals surface area contributed by atoms with E-state index in [1.54, 1.807) is 6.07 Å². The Hall–Kier alpha value is -3.09. The maximum atomic E-state index is 11.3. The van der Waals surface area contributed by atoms with Crippen molar-refractivity contribution in [3.8, 4) is 11.5 Å². The third-order valence-corrected chi connectivity index (χ3v) is 2.92. The summed E-state index contributed by atoms with van der Waals surface area (Å²) in [6, 6.07) is 12.3. The Balaban J connectivity index is 2.37. The van der Waals surface area contributed by atoms with Gasteiger partial charge in [-0.15, -0.1) is 0 Å². The molecule has 1 N–H and O–H groups in total. The highest BCUT2D eigenvalue weighted by atomic mass is 16.6. The van der Waals surface area contributed by atoms with Crippen LogP contribution in [0.2, 0.25) is 0 Å². The highest BCUT2D eigenvalue weighted by molar-refractivity contribution is 5.91. The summed E-state index contributed by atoms with van der Waals surface area (Å²) < 4.78 is 10.2. The fourth-order valence-corrected chi connectivity index (χ4v) is 1.91. The van der Waals surface area contributed by atoms with Gasteiger partial charge in [-0.1, -0.05) is 18.2 Å². The van der Waals surface area contributed by atoms with Gasteiger partial charge in [-0.3, -0.25) is 15.5 Å². The number of anilines is 1. The van der Waals surface area contributed by atoms with E-state index in [4.69, 9.17) is 9.47 Å². The molecule has 0 fully saturated rings. The maximum absolute atomic E-state index is 11.3. The Morgan fingerprint density at radius 3 is 2.32 bits per heavy atom. The Morgan fingerprint density at radius 2 is 1.73 bits per heavy atom. The van der Waals surface area contributed by atoms with Crippen LogP contribution in [0.3, 0.4) is 0 Å². The summed E-state index contributed by atoms with van der Waals surface area (Å²) >= 11 is 0. The van der Waals surface area contributed by atoms with Crippen LogP contribution in [0.1, 0.15) is 5.56 Å². The quantitative estimate of drug-likeness (QED) is 0.503. The van der Waals surface area contributed by atoms with Crippen LogP contribution in [0.5, 0.6) is 11.5 Å². The van der Waals surface area contributed by atoms with Gasteiger partial charge in [0.25, 0.3) is 0 Å². The summed E-state index contributed by atoms with van der Waals surface area (Å²) in [6.45, 7) is 0. The Bertz CT molecular complexity index is 687. The van der Waals surface area contributed by atoms with Crippen LogP contribution in [-0.4, -0.2) is 25.4 Å². The average molecular weight is 301 g/mol. The molecule has 0 saturated carbocycles. The van der Waals surface area contributed by atoms with E-state index in [1.165, 1.54) is 26.5 Å². The van der Waals surface area contributed by atoms with E-state index in [2.05, 4.69) is 10.5 Å². The monoisotopic (exact) mass is 301 g/mol. The molecule has 0 bridgehead atoms. The van der Waals surface area contributed by atoms with Crippen LogP contribution >= 0.6 is 0 Å². The van der Waals surface area contributed by atoms with Crippen LogP contribution in [0.25, 0.3) is 0 Å². The standard InChI is InChI=1S/C15H15N3O4/c1-21-13-8-9-14(22-2)15(18(19)20)12(13)10-16-17-11-6-4-3-5-7-11/h3-10,17H,1-2H3. The second-order valence-electron chi connectivity index (χ2n) is 4.23. The molecule has 0 aliphatic carbocycles. The molecular weight excluding hydrogens is 286 g/mol. The SMILES string of the molecule is COc1ccc(OC)c([N+](=O)[O-])c1C=NNc1ccccc1. The number of benzene rings is 2. The number of methoxy groups -OCH3 is 2. The number of hydrazone groups is 1. The smallest absolute Gasteiger partial charge is 0.323 e. The van der Waals surface area contributed by atoms with Gasteiger partial charge in [-0.2, -0.15) is 5.10 Å². The molecule has 0 atom stereocenters. The number of nitrogens with one attached hydrogen (secondary N) is 1. The predicted octanol–water partition coefficient (Wildman–Crippen LogP) is 3.06. The highest BCUT2D eigenvalue weighted by Gasteiger charge is 2.23. The number of ether oxygens (including phenoxy) is 2. The number of nitrogens with zero attached hydrogens (tertiary/aromatic N) is 2.